The number of aromatic nitrogens is 1. The standard InChI is InChI=1S/C26H34OP.C22H22NO.Ir/c27-28(24-4-2-1-3-5-24,25-12-18-6-19(13-25)8-20(7-18)14-25)26-15-21-9-22(16-26)11-23(10-21)17-26;1-13(2)8-16-6-5-7-20-18(16)11-17-12-24-22-15(4)9-14(3)10-19(22)21(17)23-20;/h1-4,18-23H,6-17H2;5-7,9,11,13H,8,12H2,1-4H3;/q2*-1;. The van der Waals surface area contributed by atoms with E-state index < -0.39 is 7.14 Å². The Morgan fingerprint density at radius 2 is 1.40 bits per heavy atom. The molecule has 13 rings (SSSR count). The van der Waals surface area contributed by atoms with Crippen LogP contribution in [0.1, 0.15) is 113 Å². The summed E-state index contributed by atoms with van der Waals surface area (Å²) in [6.07, 6.45) is 17.4. The smallest absolute Gasteiger partial charge is 0.104 e. The molecular weight excluding hydrogens is 846 g/mol. The first-order chi connectivity index (χ1) is 25.1. The Balaban J connectivity index is 0.000000140. The van der Waals surface area contributed by atoms with Crippen molar-refractivity contribution in [1.29, 1.82) is 0 Å². The van der Waals surface area contributed by atoms with Crippen molar-refractivity contribution in [2.24, 2.45) is 41.4 Å². The summed E-state index contributed by atoms with van der Waals surface area (Å²) in [4.78, 5) is 5.00. The molecule has 0 N–H and O–H groups in total. The molecule has 9 aliphatic rings. The fourth-order valence-corrected chi connectivity index (χ4v) is 19.8. The predicted molar refractivity (Wildman–Crippen MR) is 213 cm³/mol. The van der Waals surface area contributed by atoms with Crippen molar-refractivity contribution in [3.05, 3.63) is 89.0 Å². The summed E-state index contributed by atoms with van der Waals surface area (Å²) >= 11 is 0. The summed E-state index contributed by atoms with van der Waals surface area (Å²) in [5.74, 6) is 6.79. The van der Waals surface area contributed by atoms with E-state index in [1.165, 1.54) is 93.3 Å². The van der Waals surface area contributed by atoms with Crippen LogP contribution >= 0.6 is 7.14 Å². The third-order valence-corrected chi connectivity index (χ3v) is 19.7. The summed E-state index contributed by atoms with van der Waals surface area (Å²) in [6, 6.07) is 26.4. The molecule has 1 radical (unpaired) electrons. The molecule has 8 bridgehead atoms. The van der Waals surface area contributed by atoms with Gasteiger partial charge in [0.1, 0.15) is 7.14 Å². The second-order valence-corrected chi connectivity index (χ2v) is 22.9. The van der Waals surface area contributed by atoms with Gasteiger partial charge in [0, 0.05) is 41.6 Å². The maximum absolute atomic E-state index is 15.9. The maximum atomic E-state index is 15.9. The zero-order valence-corrected chi connectivity index (χ0v) is 35.5. The van der Waals surface area contributed by atoms with Crippen LogP contribution in [0, 0.1) is 67.4 Å². The third kappa shape index (κ3) is 5.89. The summed E-state index contributed by atoms with van der Waals surface area (Å²) in [5, 5.41) is 2.68. The normalized spacial score (nSPS) is 33.7. The van der Waals surface area contributed by atoms with Gasteiger partial charge in [0.25, 0.3) is 0 Å². The summed E-state index contributed by atoms with van der Waals surface area (Å²) in [7, 11) is -2.53. The van der Waals surface area contributed by atoms with Gasteiger partial charge in [-0.3, -0.25) is 4.98 Å². The average Bonchev–Trinajstić information content (AvgIpc) is 3.10. The van der Waals surface area contributed by atoms with Crippen molar-refractivity contribution in [3.63, 3.8) is 0 Å². The summed E-state index contributed by atoms with van der Waals surface area (Å²) in [6.45, 7) is 9.25. The molecule has 3 aromatic carbocycles. The number of aryl methyl sites for hydroxylation is 2. The molecule has 0 spiro atoms. The number of hydrogen-bond acceptors (Lipinski definition) is 3. The zero-order chi connectivity index (χ0) is 35.4. The van der Waals surface area contributed by atoms with E-state index in [-0.39, 0.29) is 30.4 Å². The van der Waals surface area contributed by atoms with E-state index in [1.54, 1.807) is 0 Å². The Morgan fingerprint density at radius 1 is 0.811 bits per heavy atom. The fourth-order valence-electron chi connectivity index (χ4n) is 14.1. The van der Waals surface area contributed by atoms with Gasteiger partial charge in [-0.25, -0.2) is 0 Å². The van der Waals surface area contributed by atoms with Crippen molar-refractivity contribution in [3.8, 4) is 17.0 Å². The first kappa shape index (κ1) is 36.4. The number of fused-ring (bicyclic) bond motifs is 4. The van der Waals surface area contributed by atoms with Gasteiger partial charge in [-0.2, -0.15) is 30.3 Å². The van der Waals surface area contributed by atoms with Gasteiger partial charge in [-0.1, -0.05) is 57.0 Å². The van der Waals surface area contributed by atoms with E-state index in [9.17, 15) is 0 Å². The van der Waals surface area contributed by atoms with E-state index in [4.69, 9.17) is 9.72 Å². The van der Waals surface area contributed by atoms with Crippen molar-refractivity contribution >= 4 is 23.3 Å². The molecule has 0 amide bonds. The van der Waals surface area contributed by atoms with Crippen LogP contribution in [0.3, 0.4) is 0 Å². The molecule has 0 atom stereocenters. The quantitative estimate of drug-likeness (QED) is 0.148. The molecule has 4 aromatic rings. The number of pyridine rings is 1. The minimum Gasteiger partial charge on any atom is -0.533 e. The largest absolute Gasteiger partial charge is 0.533 e. The van der Waals surface area contributed by atoms with Crippen LogP contribution in [-0.2, 0) is 37.7 Å². The Labute approximate surface area is 331 Å². The van der Waals surface area contributed by atoms with Gasteiger partial charge in [-0.05, 0) is 148 Å². The Bertz CT molecular complexity index is 1970. The van der Waals surface area contributed by atoms with E-state index >= 15 is 4.57 Å². The average molecular weight is 902 g/mol. The van der Waals surface area contributed by atoms with Crippen molar-refractivity contribution in [2.75, 3.05) is 0 Å². The van der Waals surface area contributed by atoms with Crippen LogP contribution in [0.15, 0.2) is 54.6 Å². The van der Waals surface area contributed by atoms with Crippen LogP contribution in [0.2, 0.25) is 0 Å². The Kier molecular flexibility index (Phi) is 9.24. The topological polar surface area (TPSA) is 39.2 Å². The van der Waals surface area contributed by atoms with E-state index in [0.29, 0.717) is 12.5 Å². The van der Waals surface area contributed by atoms with Gasteiger partial charge in [0.05, 0.1) is 12.1 Å². The fraction of sp³-hybridized carbons (Fsp3) is 0.562. The molecular formula is C48H56IrNO2P-2. The van der Waals surface area contributed by atoms with E-state index in [0.717, 1.165) is 81.1 Å². The molecule has 53 heavy (non-hydrogen) atoms. The molecule has 8 aliphatic carbocycles. The van der Waals surface area contributed by atoms with Crippen molar-refractivity contribution in [2.45, 2.75) is 128 Å². The van der Waals surface area contributed by atoms with Gasteiger partial charge in [0.2, 0.25) is 0 Å². The third-order valence-electron chi connectivity index (χ3n) is 15.0. The predicted octanol–water partition coefficient (Wildman–Crippen LogP) is 11.8. The van der Waals surface area contributed by atoms with Gasteiger partial charge in [-0.15, -0.1) is 23.0 Å². The van der Waals surface area contributed by atoms with Gasteiger partial charge in [0.15, 0.2) is 0 Å². The number of benzene rings is 3. The van der Waals surface area contributed by atoms with Crippen LogP contribution in [0.25, 0.3) is 22.2 Å². The van der Waals surface area contributed by atoms with Gasteiger partial charge < -0.3 is 9.30 Å². The molecule has 8 saturated carbocycles. The molecule has 8 fully saturated rings. The van der Waals surface area contributed by atoms with E-state index in [2.05, 4.69) is 94.4 Å². The monoisotopic (exact) mass is 902 g/mol. The van der Waals surface area contributed by atoms with Crippen molar-refractivity contribution < 1.29 is 29.4 Å². The number of hydrogen-bond donors (Lipinski definition) is 0. The molecule has 281 valence electrons. The summed E-state index contributed by atoms with van der Waals surface area (Å²) < 4.78 is 21.9. The van der Waals surface area contributed by atoms with Crippen LogP contribution < -0.4 is 10.0 Å². The second-order valence-electron chi connectivity index (χ2n) is 19.3. The zero-order valence-electron chi connectivity index (χ0n) is 32.2. The Hall–Kier alpha value is -2.25. The SMILES string of the molecule is Cc1[c-]c2c(c(C)c1)OCc1cc3c(CC(C)C)cccc3nc1-2.O=P(c1[c-]cccc1)(C12CC3CC(CC(C3)C1)C2)C12CC3CC(CC(C3)C1)C2.[Ir]. The molecule has 0 unspecified atom stereocenters. The van der Waals surface area contributed by atoms with Crippen LogP contribution in [-0.4, -0.2) is 15.3 Å². The minimum atomic E-state index is -2.53. The summed E-state index contributed by atoms with van der Waals surface area (Å²) in [5.41, 5.74) is 7.90. The van der Waals surface area contributed by atoms with Gasteiger partial charge >= 0.3 is 0 Å². The molecule has 1 aromatic heterocycles. The minimum absolute atomic E-state index is 0. The molecule has 5 heteroatoms. The maximum Gasteiger partial charge on any atom is 0.104 e. The van der Waals surface area contributed by atoms with E-state index in [1.807, 2.05) is 0 Å². The molecule has 3 nitrogen and oxygen atoms in total. The second kappa shape index (κ2) is 13.5. The molecule has 0 saturated heterocycles. The first-order valence-electron chi connectivity index (χ1n) is 20.8. The Morgan fingerprint density at radius 3 is 1.92 bits per heavy atom. The van der Waals surface area contributed by atoms with Crippen LogP contribution in [0.5, 0.6) is 5.75 Å². The number of ether oxygens (including phenoxy) is 1. The van der Waals surface area contributed by atoms with Crippen molar-refractivity contribution in [1.82, 2.24) is 4.98 Å². The first-order valence-corrected chi connectivity index (χ1v) is 22.5. The number of rotatable bonds is 5. The molecule has 2 heterocycles. The molecule has 1 aliphatic heterocycles. The van der Waals surface area contributed by atoms with Crippen LogP contribution in [0.4, 0.5) is 0 Å². The number of nitrogens with zero attached hydrogens (tertiary/aromatic N) is 1.